The number of nitrogens with one attached hydrogen (secondary N) is 1. The molecule has 5 heteroatoms. The summed E-state index contributed by atoms with van der Waals surface area (Å²) in [6.45, 7) is 6.62. The molecule has 0 spiro atoms. The van der Waals surface area contributed by atoms with Gasteiger partial charge in [0.1, 0.15) is 17.0 Å². The van der Waals surface area contributed by atoms with Gasteiger partial charge in [0.15, 0.2) is 0 Å². The second-order valence-corrected chi connectivity index (χ2v) is 8.57. The topological polar surface area (TPSA) is 41.1 Å². The molecule has 2 aromatic heterocycles. The van der Waals surface area contributed by atoms with Crippen molar-refractivity contribution in [3.8, 4) is 11.1 Å². The van der Waals surface area contributed by atoms with Crippen LogP contribution in [0.3, 0.4) is 0 Å². The van der Waals surface area contributed by atoms with Gasteiger partial charge in [-0.05, 0) is 67.6 Å². The Morgan fingerprint density at radius 3 is 2.48 bits per heavy atom. The van der Waals surface area contributed by atoms with E-state index >= 15 is 0 Å². The average Bonchev–Trinajstić information content (AvgIpc) is 3.41. The first kappa shape index (κ1) is 18.1. The minimum atomic E-state index is 0.860. The van der Waals surface area contributed by atoms with Crippen LogP contribution in [-0.2, 0) is 0 Å². The largest absolute Gasteiger partial charge is 0.372 e. The molecule has 0 saturated carbocycles. The van der Waals surface area contributed by atoms with Crippen LogP contribution >= 0.6 is 11.3 Å². The predicted octanol–water partition coefficient (Wildman–Crippen LogP) is 6.32. The van der Waals surface area contributed by atoms with Gasteiger partial charge >= 0.3 is 0 Å². The molecule has 0 bridgehead atoms. The number of fused-ring (bicyclic) bond motifs is 1. The number of thiophene rings is 1. The van der Waals surface area contributed by atoms with Gasteiger partial charge in [-0.1, -0.05) is 18.2 Å². The number of hydrogen-bond acceptors (Lipinski definition) is 5. The quantitative estimate of drug-likeness (QED) is 0.435. The van der Waals surface area contributed by atoms with Crippen LogP contribution in [0.25, 0.3) is 21.3 Å². The lowest BCUT2D eigenvalue weighted by molar-refractivity contribution is 0.949. The molecule has 29 heavy (non-hydrogen) atoms. The summed E-state index contributed by atoms with van der Waals surface area (Å²) in [7, 11) is 0. The molecule has 1 aliphatic rings. The molecule has 0 atom stereocenters. The van der Waals surface area contributed by atoms with E-state index < -0.39 is 0 Å². The zero-order valence-electron chi connectivity index (χ0n) is 16.8. The molecule has 0 aliphatic carbocycles. The smallest absolute Gasteiger partial charge is 0.143 e. The minimum Gasteiger partial charge on any atom is -0.372 e. The summed E-state index contributed by atoms with van der Waals surface area (Å²) < 4.78 is 0. The molecule has 2 aromatic carbocycles. The Balaban J connectivity index is 1.50. The zero-order chi connectivity index (χ0) is 19.8. The van der Waals surface area contributed by atoms with Crippen LogP contribution in [0.1, 0.15) is 24.0 Å². The fourth-order valence-electron chi connectivity index (χ4n) is 3.96. The van der Waals surface area contributed by atoms with Crippen LogP contribution in [0.4, 0.5) is 17.2 Å². The Hall–Kier alpha value is -2.92. The third-order valence-corrected chi connectivity index (χ3v) is 6.68. The van der Waals surface area contributed by atoms with Crippen LogP contribution in [0.15, 0.2) is 54.2 Å². The van der Waals surface area contributed by atoms with Crippen molar-refractivity contribution in [1.82, 2.24) is 9.97 Å². The molecule has 1 saturated heterocycles. The zero-order valence-corrected chi connectivity index (χ0v) is 17.6. The Bertz CT molecular complexity index is 1160. The summed E-state index contributed by atoms with van der Waals surface area (Å²) in [5.74, 6) is 0.860. The highest BCUT2D eigenvalue weighted by Crippen LogP contribution is 2.38. The van der Waals surface area contributed by atoms with Gasteiger partial charge < -0.3 is 10.2 Å². The second-order valence-electron chi connectivity index (χ2n) is 7.72. The van der Waals surface area contributed by atoms with Crippen molar-refractivity contribution in [2.75, 3.05) is 23.3 Å². The molecule has 1 N–H and O–H groups in total. The van der Waals surface area contributed by atoms with Crippen LogP contribution < -0.4 is 10.2 Å². The van der Waals surface area contributed by atoms with E-state index in [1.807, 2.05) is 0 Å². The van der Waals surface area contributed by atoms with Gasteiger partial charge in [0, 0.05) is 35.4 Å². The van der Waals surface area contributed by atoms with Crippen molar-refractivity contribution in [3.05, 3.63) is 65.3 Å². The highest BCUT2D eigenvalue weighted by Gasteiger charge is 2.15. The fraction of sp³-hybridized carbons (Fsp3) is 0.250. The Kier molecular flexibility index (Phi) is 4.68. The van der Waals surface area contributed by atoms with Gasteiger partial charge in [-0.3, -0.25) is 0 Å². The van der Waals surface area contributed by atoms with E-state index in [0.717, 1.165) is 34.8 Å². The van der Waals surface area contributed by atoms with Gasteiger partial charge in [-0.25, -0.2) is 9.97 Å². The maximum Gasteiger partial charge on any atom is 0.143 e. The predicted molar refractivity (Wildman–Crippen MR) is 123 cm³/mol. The molecule has 0 unspecified atom stereocenters. The fourth-order valence-corrected chi connectivity index (χ4v) is 4.87. The highest BCUT2D eigenvalue weighted by atomic mass is 32.1. The summed E-state index contributed by atoms with van der Waals surface area (Å²) >= 11 is 1.67. The van der Waals surface area contributed by atoms with E-state index in [1.54, 1.807) is 17.7 Å². The second kappa shape index (κ2) is 7.48. The van der Waals surface area contributed by atoms with Gasteiger partial charge in [0.25, 0.3) is 0 Å². The van der Waals surface area contributed by atoms with Crippen molar-refractivity contribution in [2.24, 2.45) is 0 Å². The monoisotopic (exact) mass is 400 g/mol. The molecule has 4 nitrogen and oxygen atoms in total. The Morgan fingerprint density at radius 2 is 1.72 bits per heavy atom. The van der Waals surface area contributed by atoms with E-state index in [1.165, 1.54) is 40.8 Å². The van der Waals surface area contributed by atoms with E-state index in [0.29, 0.717) is 0 Å². The maximum atomic E-state index is 4.57. The number of benzene rings is 2. The standard InChI is InChI=1S/C24H24N4S/c1-16-5-6-18(13-17(16)2)21-14-29-24-22(21)23(25-15-26-24)27-19-7-9-20(10-8-19)28-11-3-4-12-28/h5-10,13-15H,3-4,11-12H2,1-2H3,(H,25,26,27). The summed E-state index contributed by atoms with van der Waals surface area (Å²) in [4.78, 5) is 12.5. The SMILES string of the molecule is Cc1ccc(-c2csc3ncnc(Nc4ccc(N5CCCC5)cc4)c23)cc1C. The summed E-state index contributed by atoms with van der Waals surface area (Å²) in [5, 5.41) is 6.80. The number of aromatic nitrogens is 2. The van der Waals surface area contributed by atoms with Crippen molar-refractivity contribution in [2.45, 2.75) is 26.7 Å². The number of anilines is 3. The van der Waals surface area contributed by atoms with E-state index in [4.69, 9.17) is 0 Å². The van der Waals surface area contributed by atoms with Gasteiger partial charge in [0.2, 0.25) is 0 Å². The molecule has 1 aliphatic heterocycles. The van der Waals surface area contributed by atoms with Gasteiger partial charge in [0.05, 0.1) is 5.39 Å². The normalized spacial score (nSPS) is 13.9. The third kappa shape index (κ3) is 3.47. The average molecular weight is 401 g/mol. The lowest BCUT2D eigenvalue weighted by Gasteiger charge is -2.18. The Labute approximate surface area is 175 Å². The molecule has 3 heterocycles. The lowest BCUT2D eigenvalue weighted by Crippen LogP contribution is -2.17. The summed E-state index contributed by atoms with van der Waals surface area (Å²) in [6, 6.07) is 15.3. The lowest BCUT2D eigenvalue weighted by atomic mass is 10.0. The molecule has 0 radical (unpaired) electrons. The van der Waals surface area contributed by atoms with Crippen LogP contribution in [0.5, 0.6) is 0 Å². The number of rotatable bonds is 4. The van der Waals surface area contributed by atoms with Crippen molar-refractivity contribution in [3.63, 3.8) is 0 Å². The van der Waals surface area contributed by atoms with Crippen molar-refractivity contribution >= 4 is 38.7 Å². The van der Waals surface area contributed by atoms with E-state index in [-0.39, 0.29) is 0 Å². The first-order valence-electron chi connectivity index (χ1n) is 10.1. The van der Waals surface area contributed by atoms with Gasteiger partial charge in [-0.2, -0.15) is 0 Å². The molecule has 5 rings (SSSR count). The first-order valence-corrected chi connectivity index (χ1v) is 11.0. The highest BCUT2D eigenvalue weighted by molar-refractivity contribution is 7.17. The molecular weight excluding hydrogens is 376 g/mol. The van der Waals surface area contributed by atoms with Crippen LogP contribution in [-0.4, -0.2) is 23.1 Å². The Morgan fingerprint density at radius 1 is 0.931 bits per heavy atom. The molecule has 0 amide bonds. The molecule has 146 valence electrons. The maximum absolute atomic E-state index is 4.57. The van der Waals surface area contributed by atoms with Crippen molar-refractivity contribution < 1.29 is 0 Å². The van der Waals surface area contributed by atoms with Crippen molar-refractivity contribution in [1.29, 1.82) is 0 Å². The first-order chi connectivity index (χ1) is 14.2. The molecule has 1 fully saturated rings. The number of aryl methyl sites for hydroxylation is 2. The van der Waals surface area contributed by atoms with Crippen LogP contribution in [0.2, 0.25) is 0 Å². The molecule has 4 aromatic rings. The summed E-state index contributed by atoms with van der Waals surface area (Å²) in [6.07, 6.45) is 4.22. The number of hydrogen-bond donors (Lipinski definition) is 1. The molecular formula is C24H24N4S. The number of nitrogens with zero attached hydrogens (tertiary/aromatic N) is 3. The van der Waals surface area contributed by atoms with E-state index in [2.05, 4.69) is 81.9 Å². The van der Waals surface area contributed by atoms with Crippen LogP contribution in [0, 0.1) is 13.8 Å². The minimum absolute atomic E-state index is 0.860. The summed E-state index contributed by atoms with van der Waals surface area (Å²) in [5.41, 5.74) is 7.34. The van der Waals surface area contributed by atoms with Gasteiger partial charge in [-0.15, -0.1) is 11.3 Å². The third-order valence-electron chi connectivity index (χ3n) is 5.79. The van der Waals surface area contributed by atoms with E-state index in [9.17, 15) is 0 Å².